The molecule has 1 aromatic carbocycles. The Hall–Kier alpha value is -2.40. The highest BCUT2D eigenvalue weighted by Gasteiger charge is 2.22. The van der Waals surface area contributed by atoms with Crippen LogP contribution in [0.4, 0.5) is 0 Å². The van der Waals surface area contributed by atoms with Crippen LogP contribution in [0.5, 0.6) is 5.75 Å². The second kappa shape index (κ2) is 7.24. The summed E-state index contributed by atoms with van der Waals surface area (Å²) in [6.45, 7) is 2.83. The molecule has 1 aliphatic rings. The molecule has 5 heteroatoms. The molecule has 23 heavy (non-hydrogen) atoms. The zero-order valence-corrected chi connectivity index (χ0v) is 13.2. The third kappa shape index (κ3) is 4.07. The molecule has 0 unspecified atom stereocenters. The molecule has 1 aromatic heterocycles. The Bertz CT molecular complexity index is 635. The standard InChI is InChI=1S/C18H21N3O2/c1-13(14-6-8-19-9-7-14)20-12-18(22)21-11-16-10-15-4-2-3-5-17(15)23-16/h2-9,13,16,20H,10-12H2,1H3,(H,21,22)/t13-,16-/m1/s1. The normalized spacial score (nSPS) is 17.2. The first-order valence-electron chi connectivity index (χ1n) is 7.87. The van der Waals surface area contributed by atoms with Gasteiger partial charge in [-0.25, -0.2) is 0 Å². The van der Waals surface area contributed by atoms with Gasteiger partial charge in [-0.15, -0.1) is 0 Å². The quantitative estimate of drug-likeness (QED) is 0.854. The summed E-state index contributed by atoms with van der Waals surface area (Å²) in [5.74, 6) is 0.904. The number of para-hydroxylation sites is 1. The zero-order valence-electron chi connectivity index (χ0n) is 13.2. The van der Waals surface area contributed by atoms with Gasteiger partial charge < -0.3 is 15.4 Å². The highest BCUT2D eigenvalue weighted by atomic mass is 16.5. The second-order valence-electron chi connectivity index (χ2n) is 5.74. The van der Waals surface area contributed by atoms with E-state index in [0.717, 1.165) is 17.7 Å². The summed E-state index contributed by atoms with van der Waals surface area (Å²) < 4.78 is 5.81. The van der Waals surface area contributed by atoms with E-state index < -0.39 is 0 Å². The number of hydrogen-bond acceptors (Lipinski definition) is 4. The van der Waals surface area contributed by atoms with Crippen molar-refractivity contribution in [3.05, 3.63) is 59.9 Å². The fourth-order valence-corrected chi connectivity index (χ4v) is 2.67. The lowest BCUT2D eigenvalue weighted by Gasteiger charge is -2.15. The predicted molar refractivity (Wildman–Crippen MR) is 88.2 cm³/mol. The lowest BCUT2D eigenvalue weighted by atomic mass is 10.1. The fourth-order valence-electron chi connectivity index (χ4n) is 2.67. The SMILES string of the molecule is C[C@@H](NCC(=O)NC[C@H]1Cc2ccccc2O1)c1ccncc1. The minimum absolute atomic E-state index is 0.0222. The van der Waals surface area contributed by atoms with Crippen LogP contribution in [0.15, 0.2) is 48.8 Å². The molecule has 2 N–H and O–H groups in total. The number of ether oxygens (including phenoxy) is 1. The summed E-state index contributed by atoms with van der Waals surface area (Å²) in [4.78, 5) is 16.0. The Morgan fingerprint density at radius 2 is 2.09 bits per heavy atom. The number of aromatic nitrogens is 1. The van der Waals surface area contributed by atoms with Gasteiger partial charge in [-0.1, -0.05) is 18.2 Å². The van der Waals surface area contributed by atoms with E-state index in [1.165, 1.54) is 5.56 Å². The average Bonchev–Trinajstić information content (AvgIpc) is 3.01. The van der Waals surface area contributed by atoms with Crippen LogP contribution >= 0.6 is 0 Å². The maximum absolute atomic E-state index is 12.0. The Morgan fingerprint density at radius 3 is 2.87 bits per heavy atom. The van der Waals surface area contributed by atoms with E-state index in [-0.39, 0.29) is 24.6 Å². The van der Waals surface area contributed by atoms with Gasteiger partial charge in [0.25, 0.3) is 0 Å². The first kappa shape index (κ1) is 15.5. The first-order valence-corrected chi connectivity index (χ1v) is 7.87. The smallest absolute Gasteiger partial charge is 0.234 e. The van der Waals surface area contributed by atoms with E-state index in [9.17, 15) is 4.79 Å². The summed E-state index contributed by atoms with van der Waals surface area (Å²) in [5.41, 5.74) is 2.32. The Labute approximate surface area is 136 Å². The molecule has 2 aromatic rings. The molecule has 0 radical (unpaired) electrons. The summed E-state index contributed by atoms with van der Waals surface area (Å²) in [7, 11) is 0. The molecule has 3 rings (SSSR count). The second-order valence-corrected chi connectivity index (χ2v) is 5.74. The lowest BCUT2D eigenvalue weighted by molar-refractivity contribution is -0.120. The largest absolute Gasteiger partial charge is 0.488 e. The van der Waals surface area contributed by atoms with E-state index in [2.05, 4.69) is 21.7 Å². The van der Waals surface area contributed by atoms with E-state index >= 15 is 0 Å². The van der Waals surface area contributed by atoms with Gasteiger partial charge in [0.15, 0.2) is 0 Å². The van der Waals surface area contributed by atoms with Crippen molar-refractivity contribution in [3.63, 3.8) is 0 Å². The highest BCUT2D eigenvalue weighted by Crippen LogP contribution is 2.27. The molecule has 2 atom stereocenters. The van der Waals surface area contributed by atoms with Crippen molar-refractivity contribution in [3.8, 4) is 5.75 Å². The van der Waals surface area contributed by atoms with Gasteiger partial charge in [0.2, 0.25) is 5.91 Å². The maximum Gasteiger partial charge on any atom is 0.234 e. The van der Waals surface area contributed by atoms with E-state index in [0.29, 0.717) is 6.54 Å². The minimum Gasteiger partial charge on any atom is -0.488 e. The van der Waals surface area contributed by atoms with Gasteiger partial charge in [-0.3, -0.25) is 9.78 Å². The van der Waals surface area contributed by atoms with Crippen molar-refractivity contribution in [2.45, 2.75) is 25.5 Å². The lowest BCUT2D eigenvalue weighted by Crippen LogP contribution is -2.40. The minimum atomic E-state index is -0.0227. The predicted octanol–water partition coefficient (Wildman–Crippen LogP) is 1.85. The summed E-state index contributed by atoms with van der Waals surface area (Å²) in [6, 6.07) is 12.0. The molecule has 0 aliphatic carbocycles. The number of benzene rings is 1. The number of rotatable bonds is 6. The number of carbonyl (C=O) groups excluding carboxylic acids is 1. The first-order chi connectivity index (χ1) is 11.2. The number of carbonyl (C=O) groups is 1. The van der Waals surface area contributed by atoms with Crippen LogP contribution in [0, 0.1) is 0 Å². The molecule has 0 saturated carbocycles. The van der Waals surface area contributed by atoms with Crippen molar-refractivity contribution in [2.75, 3.05) is 13.1 Å². The molecule has 0 fully saturated rings. The Morgan fingerprint density at radius 1 is 1.30 bits per heavy atom. The molecule has 1 aliphatic heterocycles. The van der Waals surface area contributed by atoms with Crippen LogP contribution < -0.4 is 15.4 Å². The van der Waals surface area contributed by atoms with Gasteiger partial charge in [0.1, 0.15) is 11.9 Å². The third-order valence-corrected chi connectivity index (χ3v) is 4.02. The highest BCUT2D eigenvalue weighted by molar-refractivity contribution is 5.78. The number of fused-ring (bicyclic) bond motifs is 1. The number of pyridine rings is 1. The van der Waals surface area contributed by atoms with E-state index in [1.807, 2.05) is 37.3 Å². The number of nitrogens with zero attached hydrogens (tertiary/aromatic N) is 1. The van der Waals surface area contributed by atoms with Crippen LogP contribution in [0.3, 0.4) is 0 Å². The molecular weight excluding hydrogens is 290 g/mol. The number of amides is 1. The molecule has 0 saturated heterocycles. The molecule has 120 valence electrons. The van der Waals surface area contributed by atoms with Gasteiger partial charge >= 0.3 is 0 Å². The van der Waals surface area contributed by atoms with E-state index in [4.69, 9.17) is 4.74 Å². The molecular formula is C18H21N3O2. The summed E-state index contributed by atoms with van der Waals surface area (Å²) >= 11 is 0. The summed E-state index contributed by atoms with van der Waals surface area (Å²) in [5, 5.41) is 6.14. The van der Waals surface area contributed by atoms with Crippen LogP contribution in [-0.4, -0.2) is 30.1 Å². The van der Waals surface area contributed by atoms with Crippen molar-refractivity contribution >= 4 is 5.91 Å². The zero-order chi connectivity index (χ0) is 16.1. The van der Waals surface area contributed by atoms with Crippen molar-refractivity contribution < 1.29 is 9.53 Å². The molecule has 0 bridgehead atoms. The van der Waals surface area contributed by atoms with Crippen molar-refractivity contribution in [2.24, 2.45) is 0 Å². The van der Waals surface area contributed by atoms with Gasteiger partial charge in [-0.2, -0.15) is 0 Å². The van der Waals surface area contributed by atoms with Crippen LogP contribution in [0.1, 0.15) is 24.1 Å². The monoisotopic (exact) mass is 311 g/mol. The molecule has 5 nitrogen and oxygen atoms in total. The number of hydrogen-bond donors (Lipinski definition) is 2. The van der Waals surface area contributed by atoms with Crippen LogP contribution in [0.2, 0.25) is 0 Å². The van der Waals surface area contributed by atoms with Crippen molar-refractivity contribution in [1.29, 1.82) is 0 Å². The Kier molecular flexibility index (Phi) is 4.88. The average molecular weight is 311 g/mol. The topological polar surface area (TPSA) is 63.2 Å². The molecule has 1 amide bonds. The van der Waals surface area contributed by atoms with Crippen LogP contribution in [-0.2, 0) is 11.2 Å². The molecule has 2 heterocycles. The Balaban J connectivity index is 1.39. The maximum atomic E-state index is 12.0. The fraction of sp³-hybridized carbons (Fsp3) is 0.333. The van der Waals surface area contributed by atoms with Gasteiger partial charge in [-0.05, 0) is 36.2 Å². The summed E-state index contributed by atoms with van der Waals surface area (Å²) in [6.07, 6.45) is 4.37. The van der Waals surface area contributed by atoms with Gasteiger partial charge in [0.05, 0.1) is 13.1 Å². The van der Waals surface area contributed by atoms with Crippen LogP contribution in [0.25, 0.3) is 0 Å². The van der Waals surface area contributed by atoms with Crippen molar-refractivity contribution in [1.82, 2.24) is 15.6 Å². The van der Waals surface area contributed by atoms with Gasteiger partial charge in [0, 0.05) is 24.9 Å². The number of nitrogens with one attached hydrogen (secondary N) is 2. The third-order valence-electron chi connectivity index (χ3n) is 4.02. The van der Waals surface area contributed by atoms with E-state index in [1.54, 1.807) is 12.4 Å². The molecule has 0 spiro atoms.